The van der Waals surface area contributed by atoms with Crippen molar-refractivity contribution in [1.82, 2.24) is 20.9 Å². The topological polar surface area (TPSA) is 164 Å². The van der Waals surface area contributed by atoms with Gasteiger partial charge in [0.05, 0.1) is 12.2 Å². The first-order valence-electron chi connectivity index (χ1n) is 20.3. The Morgan fingerprint density at radius 3 is 1.92 bits per heavy atom. The molecule has 3 N–H and O–H groups in total. The minimum Gasteiger partial charge on any atom is -0.494 e. The first-order valence-corrected chi connectivity index (χ1v) is 20.7. The fraction of sp³-hybridized carbons (Fsp3) is 0.511. The predicted octanol–water partition coefficient (Wildman–Crippen LogP) is 8.64. The van der Waals surface area contributed by atoms with Gasteiger partial charge in [-0.15, -0.1) is 0 Å². The molecule has 59 heavy (non-hydrogen) atoms. The van der Waals surface area contributed by atoms with Crippen molar-refractivity contribution in [3.05, 3.63) is 92.7 Å². The van der Waals surface area contributed by atoms with E-state index >= 15 is 0 Å². The second-order valence-electron chi connectivity index (χ2n) is 16.6. The summed E-state index contributed by atoms with van der Waals surface area (Å²) in [6.45, 7) is 21.9. The number of ketones is 1. The summed E-state index contributed by atoms with van der Waals surface area (Å²) in [7, 11) is 0. The minimum absolute atomic E-state index is 0.222. The van der Waals surface area contributed by atoms with Gasteiger partial charge in [0.1, 0.15) is 34.9 Å². The van der Waals surface area contributed by atoms with E-state index in [1.54, 1.807) is 80.6 Å². The second kappa shape index (κ2) is 21.0. The van der Waals surface area contributed by atoms with Crippen LogP contribution in [0.25, 0.3) is 22.3 Å². The number of nitrogens with one attached hydrogen (secondary N) is 3. The summed E-state index contributed by atoms with van der Waals surface area (Å²) in [6, 6.07) is 18.3. The van der Waals surface area contributed by atoms with Crippen molar-refractivity contribution < 1.29 is 23.5 Å². The van der Waals surface area contributed by atoms with Crippen molar-refractivity contribution in [1.29, 1.82) is 0 Å². The zero-order valence-corrected chi connectivity index (χ0v) is 36.7. The first-order chi connectivity index (χ1) is 28.0. The van der Waals surface area contributed by atoms with Gasteiger partial charge in [0.2, 0.25) is 0 Å². The highest BCUT2D eigenvalue weighted by atomic mass is 35.5. The molecule has 0 aliphatic rings. The Balaban J connectivity index is 1.44. The van der Waals surface area contributed by atoms with Crippen LogP contribution in [0.5, 0.6) is 11.5 Å². The molecule has 2 unspecified atom stereocenters. The van der Waals surface area contributed by atoms with Crippen molar-refractivity contribution in [2.24, 2.45) is 15.8 Å². The number of halogens is 1. The maximum Gasteiger partial charge on any atom is 0.257 e. The Labute approximate surface area is 353 Å². The van der Waals surface area contributed by atoms with Gasteiger partial charge in [-0.3, -0.25) is 9.59 Å². The van der Waals surface area contributed by atoms with Crippen molar-refractivity contribution in [3.8, 4) is 22.8 Å². The van der Waals surface area contributed by atoms with E-state index in [0.717, 1.165) is 26.1 Å². The summed E-state index contributed by atoms with van der Waals surface area (Å²) in [5.41, 5.74) is 0.304. The molecule has 3 aromatic carbocycles. The van der Waals surface area contributed by atoms with Gasteiger partial charge in [-0.25, -0.2) is 0 Å². The Morgan fingerprint density at radius 2 is 1.36 bits per heavy atom. The fourth-order valence-corrected chi connectivity index (χ4v) is 6.38. The molecule has 320 valence electrons. The van der Waals surface area contributed by atoms with Gasteiger partial charge in [0.15, 0.2) is 12.4 Å². The number of ether oxygens (including phenoxy) is 2. The van der Waals surface area contributed by atoms with Crippen LogP contribution in [0, 0.1) is 15.2 Å². The molecule has 4 rings (SSSR count). The smallest absolute Gasteiger partial charge is 0.257 e. The monoisotopic (exact) mass is 832 g/mol. The van der Waals surface area contributed by atoms with E-state index in [1.165, 1.54) is 0 Å². The summed E-state index contributed by atoms with van der Waals surface area (Å²) in [5.74, 6) is 0.976. The van der Waals surface area contributed by atoms with Crippen molar-refractivity contribution >= 4 is 34.3 Å². The molecule has 0 bridgehead atoms. The van der Waals surface area contributed by atoms with Crippen LogP contribution < -0.4 is 25.4 Å². The van der Waals surface area contributed by atoms with E-state index in [-0.39, 0.29) is 24.8 Å². The lowest BCUT2D eigenvalue weighted by molar-refractivity contribution is -0.123. The molecule has 0 aliphatic heterocycles. The molecule has 1 amide bonds. The van der Waals surface area contributed by atoms with E-state index in [2.05, 4.69) is 45.1 Å². The molecule has 2 atom stereocenters. The summed E-state index contributed by atoms with van der Waals surface area (Å²) < 4.78 is 18.1. The Hall–Kier alpha value is -4.69. The predicted molar refractivity (Wildman–Crippen MR) is 236 cm³/mol. The second-order valence-corrected chi connectivity index (χ2v) is 17.1. The van der Waals surface area contributed by atoms with Gasteiger partial charge in [0, 0.05) is 64.2 Å². The lowest BCUT2D eigenvalue weighted by Crippen LogP contribution is -2.58. The van der Waals surface area contributed by atoms with Crippen LogP contribution in [0.1, 0.15) is 84.7 Å². The number of nitroso groups, excluding NO2 is 2. The number of benzene rings is 3. The van der Waals surface area contributed by atoms with E-state index < -0.39 is 28.6 Å². The lowest BCUT2D eigenvalue weighted by Gasteiger charge is -2.39. The molecule has 0 saturated carbocycles. The number of rotatable bonds is 25. The summed E-state index contributed by atoms with van der Waals surface area (Å²) in [5, 5.41) is 17.3. The molecule has 14 heteroatoms. The summed E-state index contributed by atoms with van der Waals surface area (Å²) in [4.78, 5) is 52.2. The number of furan rings is 1. The average Bonchev–Trinajstić information content (AvgIpc) is 3.61. The third kappa shape index (κ3) is 12.9. The molecule has 0 aliphatic carbocycles. The number of carbonyl (C=O) groups excluding carboxylic acids is 2. The number of hydrogen-bond donors (Lipinski definition) is 3. The van der Waals surface area contributed by atoms with Crippen LogP contribution in [0.2, 0.25) is 5.02 Å². The van der Waals surface area contributed by atoms with Crippen LogP contribution in [-0.2, 0) is 4.79 Å². The van der Waals surface area contributed by atoms with Gasteiger partial charge >= 0.3 is 0 Å². The zero-order chi connectivity index (χ0) is 43.4. The maximum atomic E-state index is 14.1. The number of nitrogens with zero attached hydrogens (tertiary/aromatic N) is 3. The highest BCUT2D eigenvalue weighted by molar-refractivity contribution is 6.32. The molecular formula is C45H61ClN6O7. The molecular weight excluding hydrogens is 772 g/mol. The number of amides is 1. The van der Waals surface area contributed by atoms with E-state index in [0.29, 0.717) is 69.6 Å². The highest BCUT2D eigenvalue weighted by Crippen LogP contribution is 2.37. The minimum atomic E-state index is -0.593. The highest BCUT2D eigenvalue weighted by Gasteiger charge is 2.35. The van der Waals surface area contributed by atoms with Crippen LogP contribution in [0.3, 0.4) is 0 Å². The molecule has 1 heterocycles. The Bertz CT molecular complexity index is 1980. The van der Waals surface area contributed by atoms with Crippen molar-refractivity contribution in [2.45, 2.75) is 91.9 Å². The van der Waals surface area contributed by atoms with Crippen LogP contribution in [0.4, 0.5) is 0 Å². The van der Waals surface area contributed by atoms with Gasteiger partial charge in [-0.1, -0.05) is 42.7 Å². The number of fused-ring (bicyclic) bond motifs is 1. The standard InChI is InChI=1S/C45H61ClN6O7/c1-10-52(11-2)23-12-24-57-35-18-13-32(14-19-35)41(54)40-37-25-34(46)17-22-38(37)59-42(40)33-15-20-36(21-16-33)58-26-39(53)47-27-45(9,28-48-43(5,6)30(3)50-55)29-49-44(7,8)31(4)51-56/h13-22,25,30-31,48-49H,10-12,23-24,26-29H2,1-9H3,(H,47,53). The molecule has 0 spiro atoms. The quantitative estimate of drug-likeness (QED) is 0.0335. The van der Waals surface area contributed by atoms with Gasteiger partial charge in [0.25, 0.3) is 5.91 Å². The molecule has 13 nitrogen and oxygen atoms in total. The Morgan fingerprint density at radius 1 is 0.797 bits per heavy atom. The number of hydrogen-bond acceptors (Lipinski definition) is 12. The average molecular weight is 833 g/mol. The van der Waals surface area contributed by atoms with Crippen molar-refractivity contribution in [3.63, 3.8) is 0 Å². The summed E-state index contributed by atoms with van der Waals surface area (Å²) in [6.07, 6.45) is 0.906. The third-order valence-electron chi connectivity index (χ3n) is 11.3. The maximum absolute atomic E-state index is 14.1. The molecule has 0 radical (unpaired) electrons. The molecule has 4 aromatic rings. The fourth-order valence-electron chi connectivity index (χ4n) is 6.21. The van der Waals surface area contributed by atoms with Gasteiger partial charge in [-0.2, -0.15) is 9.81 Å². The van der Waals surface area contributed by atoms with Crippen LogP contribution >= 0.6 is 11.6 Å². The van der Waals surface area contributed by atoms with Crippen molar-refractivity contribution in [2.75, 3.05) is 52.5 Å². The molecule has 0 fully saturated rings. The molecule has 0 saturated heterocycles. The SMILES string of the molecule is CCN(CC)CCCOc1ccc(C(=O)c2c(-c3ccc(OCC(=O)NCC(C)(CNC(C)(C)C(C)N=O)CNC(C)(C)C(C)N=O)cc3)oc3ccc(Cl)cc23)cc1. The van der Waals surface area contributed by atoms with Crippen LogP contribution in [-0.4, -0.2) is 92.2 Å². The largest absolute Gasteiger partial charge is 0.494 e. The third-order valence-corrected chi connectivity index (χ3v) is 11.6. The zero-order valence-electron chi connectivity index (χ0n) is 35.9. The summed E-state index contributed by atoms with van der Waals surface area (Å²) >= 11 is 6.39. The van der Waals surface area contributed by atoms with Gasteiger partial charge in [-0.05, 0) is 128 Å². The van der Waals surface area contributed by atoms with E-state index in [1.807, 2.05) is 34.6 Å². The first kappa shape index (κ1) is 47.0. The number of carbonyl (C=O) groups is 2. The normalized spacial score (nSPS) is 14.1. The molecule has 1 aromatic heterocycles. The van der Waals surface area contributed by atoms with Crippen LogP contribution in [0.15, 0.2) is 81.5 Å². The van der Waals surface area contributed by atoms with Gasteiger partial charge < -0.3 is 34.7 Å². The van der Waals surface area contributed by atoms with E-state index in [4.69, 9.17) is 25.5 Å². The van der Waals surface area contributed by atoms with E-state index in [9.17, 15) is 19.4 Å². The Kier molecular flexibility index (Phi) is 16.7. The lowest BCUT2D eigenvalue weighted by atomic mass is 9.85.